The first-order valence-electron chi connectivity index (χ1n) is 9.66. The van der Waals surface area contributed by atoms with Crippen LogP contribution in [0.25, 0.3) is 0 Å². The van der Waals surface area contributed by atoms with E-state index in [2.05, 4.69) is 38.5 Å². The Hall–Kier alpha value is -3.86. The molecular formula is C22H21BrN4O6. The molecule has 0 aromatic heterocycles. The lowest BCUT2D eigenvalue weighted by Crippen LogP contribution is -2.52. The summed E-state index contributed by atoms with van der Waals surface area (Å²) in [7, 11) is 1.24. The smallest absolute Gasteiger partial charge is 0.339 e. The summed E-state index contributed by atoms with van der Waals surface area (Å²) in [4.78, 5) is 48.9. The second kappa shape index (κ2) is 10.2. The van der Waals surface area contributed by atoms with Gasteiger partial charge in [0.15, 0.2) is 6.61 Å². The summed E-state index contributed by atoms with van der Waals surface area (Å²) in [6.45, 7) is 3.44. The monoisotopic (exact) mass is 516 g/mol. The van der Waals surface area contributed by atoms with Crippen LogP contribution in [0.3, 0.4) is 0 Å². The van der Waals surface area contributed by atoms with E-state index in [9.17, 15) is 19.2 Å². The molecule has 172 valence electrons. The molecule has 1 aliphatic rings. The van der Waals surface area contributed by atoms with Gasteiger partial charge in [0.25, 0.3) is 5.91 Å². The van der Waals surface area contributed by atoms with Gasteiger partial charge in [0, 0.05) is 15.7 Å². The second-order valence-corrected chi connectivity index (χ2v) is 7.96. The third-order valence-corrected chi connectivity index (χ3v) is 5.31. The van der Waals surface area contributed by atoms with Gasteiger partial charge < -0.3 is 31.2 Å². The largest absolute Gasteiger partial charge is 0.483 e. The van der Waals surface area contributed by atoms with Gasteiger partial charge in [-0.25, -0.2) is 9.59 Å². The van der Waals surface area contributed by atoms with Crippen LogP contribution in [0.2, 0.25) is 0 Å². The number of hydrogen-bond donors (Lipinski definition) is 4. The van der Waals surface area contributed by atoms with Crippen molar-refractivity contribution in [2.45, 2.75) is 6.04 Å². The molecule has 1 fully saturated rings. The van der Waals surface area contributed by atoms with Gasteiger partial charge in [-0.2, -0.15) is 0 Å². The van der Waals surface area contributed by atoms with Gasteiger partial charge in [0.1, 0.15) is 11.7 Å². The topological polar surface area (TPSA) is 149 Å². The average molecular weight is 517 g/mol. The van der Waals surface area contributed by atoms with Gasteiger partial charge >= 0.3 is 12.0 Å². The minimum absolute atomic E-state index is 0.137. The summed E-state index contributed by atoms with van der Waals surface area (Å²) < 4.78 is 10.9. The van der Waals surface area contributed by atoms with Crippen LogP contribution < -0.4 is 26.4 Å². The number of nitrogens with two attached hydrogens (primary N) is 1. The third kappa shape index (κ3) is 5.50. The van der Waals surface area contributed by atoms with Crippen molar-refractivity contribution >= 4 is 45.4 Å². The van der Waals surface area contributed by atoms with Crippen molar-refractivity contribution < 1.29 is 28.7 Å². The summed E-state index contributed by atoms with van der Waals surface area (Å²) >= 11 is 3.37. The van der Waals surface area contributed by atoms with E-state index < -0.39 is 42.4 Å². The number of amides is 4. The van der Waals surface area contributed by atoms with E-state index in [1.54, 1.807) is 36.4 Å². The summed E-state index contributed by atoms with van der Waals surface area (Å²) in [5, 5.41) is 7.91. The zero-order valence-electron chi connectivity index (χ0n) is 17.5. The molecular weight excluding hydrogens is 496 g/mol. The highest BCUT2D eigenvalue weighted by Crippen LogP contribution is 2.37. The number of methoxy groups -OCH3 is 1. The molecule has 1 saturated heterocycles. The predicted octanol–water partition coefficient (Wildman–Crippen LogP) is 2.22. The molecule has 0 bridgehead atoms. The molecule has 2 atom stereocenters. The molecule has 4 amide bonds. The van der Waals surface area contributed by atoms with Crippen LogP contribution in [0.1, 0.15) is 22.0 Å². The van der Waals surface area contributed by atoms with Crippen LogP contribution in [0.5, 0.6) is 5.75 Å². The number of ether oxygens (including phenoxy) is 2. The van der Waals surface area contributed by atoms with Gasteiger partial charge in [-0.15, -0.1) is 0 Å². The van der Waals surface area contributed by atoms with Crippen LogP contribution in [0.15, 0.2) is 59.2 Å². The summed E-state index contributed by atoms with van der Waals surface area (Å²) in [5.74, 6) is -2.60. The minimum Gasteiger partial charge on any atom is -0.483 e. The van der Waals surface area contributed by atoms with E-state index in [-0.39, 0.29) is 22.7 Å². The summed E-state index contributed by atoms with van der Waals surface area (Å²) in [6.07, 6.45) is 0. The second-order valence-electron chi connectivity index (χ2n) is 7.04. The Morgan fingerprint density at radius 1 is 1.21 bits per heavy atom. The number of rotatable bonds is 7. The van der Waals surface area contributed by atoms with Crippen molar-refractivity contribution in [2.75, 3.05) is 19.0 Å². The normalized spacial score (nSPS) is 17.4. The van der Waals surface area contributed by atoms with Crippen LogP contribution in [-0.4, -0.2) is 37.5 Å². The quantitative estimate of drug-likeness (QED) is 0.414. The van der Waals surface area contributed by atoms with Crippen molar-refractivity contribution in [3.05, 3.63) is 70.3 Å². The molecule has 0 saturated carbocycles. The maximum absolute atomic E-state index is 13.4. The number of hydrogen-bond acceptors (Lipinski definition) is 6. The highest BCUT2D eigenvalue weighted by molar-refractivity contribution is 9.10. The molecule has 33 heavy (non-hydrogen) atoms. The van der Waals surface area contributed by atoms with E-state index in [1.165, 1.54) is 13.2 Å². The fourth-order valence-electron chi connectivity index (χ4n) is 3.39. The molecule has 10 nitrogen and oxygen atoms in total. The number of primary amides is 1. The standard InChI is InChI=1S/C22H21BrN4O6/c1-11-18(20(29)26-15-6-4-3-5-13(15)21(30)32-2)19(27-22(31)25-11)14-9-12(23)7-8-16(14)33-10-17(24)28/h3-9,18-19H,1,10H2,2H3,(H2,24,28)(H,26,29)(H2,25,27,31)/t18-,19+/m1/s1. The highest BCUT2D eigenvalue weighted by Gasteiger charge is 2.39. The summed E-state index contributed by atoms with van der Waals surface area (Å²) in [5.41, 5.74) is 6.14. The highest BCUT2D eigenvalue weighted by atomic mass is 79.9. The molecule has 0 aliphatic carbocycles. The molecule has 5 N–H and O–H groups in total. The van der Waals surface area contributed by atoms with Gasteiger partial charge in [0.2, 0.25) is 5.91 Å². The van der Waals surface area contributed by atoms with Crippen molar-refractivity contribution in [2.24, 2.45) is 11.7 Å². The fraction of sp³-hybridized carbons (Fsp3) is 0.182. The fourth-order valence-corrected chi connectivity index (χ4v) is 3.76. The Kier molecular flexibility index (Phi) is 7.34. The number of benzene rings is 2. The Balaban J connectivity index is 1.99. The SMILES string of the molecule is C=C1NC(=O)N[C@@H](c2cc(Br)ccc2OCC(N)=O)[C@@H]1C(=O)Nc1ccccc1C(=O)OC. The van der Waals surface area contributed by atoms with E-state index in [4.69, 9.17) is 15.2 Å². The van der Waals surface area contributed by atoms with Gasteiger partial charge in [-0.05, 0) is 30.3 Å². The first kappa shape index (κ1) is 23.8. The summed E-state index contributed by atoms with van der Waals surface area (Å²) in [6, 6.07) is 9.80. The number of carbonyl (C=O) groups excluding carboxylic acids is 4. The number of urea groups is 1. The Morgan fingerprint density at radius 2 is 1.94 bits per heavy atom. The predicted molar refractivity (Wildman–Crippen MR) is 122 cm³/mol. The van der Waals surface area contributed by atoms with E-state index in [0.29, 0.717) is 10.0 Å². The number of para-hydroxylation sites is 1. The molecule has 0 radical (unpaired) electrons. The van der Waals surface area contributed by atoms with Crippen molar-refractivity contribution in [1.29, 1.82) is 0 Å². The van der Waals surface area contributed by atoms with Gasteiger partial charge in [0.05, 0.1) is 24.4 Å². The number of esters is 1. The Bertz CT molecular complexity index is 1140. The number of carbonyl (C=O) groups is 4. The maximum Gasteiger partial charge on any atom is 0.339 e. The van der Waals surface area contributed by atoms with Crippen molar-refractivity contribution in [3.8, 4) is 5.75 Å². The lowest BCUT2D eigenvalue weighted by atomic mass is 9.87. The van der Waals surface area contributed by atoms with Crippen LogP contribution >= 0.6 is 15.9 Å². The third-order valence-electron chi connectivity index (χ3n) is 4.82. The lowest BCUT2D eigenvalue weighted by Gasteiger charge is -2.34. The molecule has 3 rings (SSSR count). The van der Waals surface area contributed by atoms with Crippen LogP contribution in [0, 0.1) is 5.92 Å². The molecule has 11 heteroatoms. The number of halogens is 1. The lowest BCUT2D eigenvalue weighted by molar-refractivity contribution is -0.121. The first-order valence-corrected chi connectivity index (χ1v) is 10.5. The van der Waals surface area contributed by atoms with Crippen molar-refractivity contribution in [3.63, 3.8) is 0 Å². The van der Waals surface area contributed by atoms with Crippen LogP contribution in [-0.2, 0) is 14.3 Å². The molecule has 1 aliphatic heterocycles. The number of nitrogens with one attached hydrogen (secondary N) is 3. The van der Waals surface area contributed by atoms with Crippen molar-refractivity contribution in [1.82, 2.24) is 10.6 Å². The number of anilines is 1. The molecule has 1 heterocycles. The van der Waals surface area contributed by atoms with E-state index in [0.717, 1.165) is 0 Å². The average Bonchev–Trinajstić information content (AvgIpc) is 2.77. The molecule has 0 spiro atoms. The van der Waals surface area contributed by atoms with Crippen LogP contribution in [0.4, 0.5) is 10.5 Å². The zero-order chi connectivity index (χ0) is 24.1. The van der Waals surface area contributed by atoms with E-state index in [1.807, 2.05) is 0 Å². The maximum atomic E-state index is 13.4. The van der Waals surface area contributed by atoms with Gasteiger partial charge in [-0.3, -0.25) is 9.59 Å². The minimum atomic E-state index is -1.00. The molecule has 2 aromatic carbocycles. The Labute approximate surface area is 197 Å². The first-order chi connectivity index (χ1) is 15.7. The Morgan fingerprint density at radius 3 is 2.64 bits per heavy atom. The molecule has 0 unspecified atom stereocenters. The zero-order valence-corrected chi connectivity index (χ0v) is 19.1. The molecule has 2 aromatic rings. The van der Waals surface area contributed by atoms with E-state index >= 15 is 0 Å². The van der Waals surface area contributed by atoms with Gasteiger partial charge in [-0.1, -0.05) is 34.6 Å².